The van der Waals surface area contributed by atoms with E-state index in [1.807, 2.05) is 18.2 Å². The van der Waals surface area contributed by atoms with Crippen LogP contribution in [0, 0.1) is 5.82 Å². The van der Waals surface area contributed by atoms with Gasteiger partial charge in [-0.15, -0.1) is 0 Å². The highest BCUT2D eigenvalue weighted by atomic mass is 19.1. The number of fused-ring (bicyclic) bond motifs is 2. The minimum absolute atomic E-state index is 0.0551. The van der Waals surface area contributed by atoms with E-state index < -0.39 is 12.2 Å². The number of hydrogen-bond donors (Lipinski definition) is 1. The number of amides is 2. The summed E-state index contributed by atoms with van der Waals surface area (Å²) in [6.45, 7) is 0.826. The summed E-state index contributed by atoms with van der Waals surface area (Å²) in [6.07, 6.45) is -0.354. The van der Waals surface area contributed by atoms with Crippen LogP contribution in [0.3, 0.4) is 0 Å². The molecule has 2 heterocycles. The molecule has 3 aromatic rings. The SMILES string of the molecule is CNC(=O)OCc1cc(COC(=O)N(C)c2ccc(F)cc2)n2c1Cc1ccccc1C2. The van der Waals surface area contributed by atoms with E-state index in [9.17, 15) is 14.0 Å². The highest BCUT2D eigenvalue weighted by molar-refractivity contribution is 5.86. The molecule has 2 amide bonds. The molecule has 0 saturated heterocycles. The number of nitrogens with zero attached hydrogens (tertiary/aromatic N) is 2. The summed E-state index contributed by atoms with van der Waals surface area (Å²) in [4.78, 5) is 25.4. The van der Waals surface area contributed by atoms with Gasteiger partial charge in [0.05, 0.1) is 5.69 Å². The van der Waals surface area contributed by atoms with Gasteiger partial charge in [0.15, 0.2) is 0 Å². The molecule has 0 radical (unpaired) electrons. The van der Waals surface area contributed by atoms with Crippen LogP contribution in [0.1, 0.15) is 28.1 Å². The van der Waals surface area contributed by atoms with Crippen LogP contribution in [0.4, 0.5) is 19.7 Å². The minimum Gasteiger partial charge on any atom is -0.445 e. The van der Waals surface area contributed by atoms with E-state index in [1.165, 1.54) is 47.3 Å². The molecule has 1 aliphatic rings. The van der Waals surface area contributed by atoms with Gasteiger partial charge in [-0.05, 0) is 41.5 Å². The minimum atomic E-state index is -0.550. The van der Waals surface area contributed by atoms with E-state index >= 15 is 0 Å². The molecule has 166 valence electrons. The summed E-state index contributed by atoms with van der Waals surface area (Å²) in [6, 6.07) is 15.7. The molecule has 1 aliphatic heterocycles. The van der Waals surface area contributed by atoms with Gasteiger partial charge in [0, 0.05) is 44.0 Å². The first-order valence-corrected chi connectivity index (χ1v) is 10.2. The monoisotopic (exact) mass is 437 g/mol. The topological polar surface area (TPSA) is 72.8 Å². The average Bonchev–Trinajstić information content (AvgIpc) is 3.15. The van der Waals surface area contributed by atoms with Gasteiger partial charge in [-0.3, -0.25) is 4.90 Å². The van der Waals surface area contributed by atoms with Crippen LogP contribution >= 0.6 is 0 Å². The number of ether oxygens (including phenoxy) is 2. The van der Waals surface area contributed by atoms with Crippen molar-refractivity contribution in [3.8, 4) is 0 Å². The van der Waals surface area contributed by atoms with Crippen LogP contribution in [0.25, 0.3) is 0 Å². The Balaban J connectivity index is 1.53. The number of alkyl carbamates (subject to hydrolysis) is 1. The summed E-state index contributed by atoms with van der Waals surface area (Å²) >= 11 is 0. The fraction of sp³-hybridized carbons (Fsp3) is 0.250. The number of hydrogen-bond acceptors (Lipinski definition) is 4. The molecule has 0 spiro atoms. The molecule has 32 heavy (non-hydrogen) atoms. The summed E-state index contributed by atoms with van der Waals surface area (Å²) < 4.78 is 26.1. The maximum absolute atomic E-state index is 13.2. The zero-order chi connectivity index (χ0) is 22.7. The van der Waals surface area contributed by atoms with Gasteiger partial charge in [-0.25, -0.2) is 14.0 Å². The predicted octanol–water partition coefficient (Wildman–Crippen LogP) is 4.21. The Kier molecular flexibility index (Phi) is 6.11. The zero-order valence-electron chi connectivity index (χ0n) is 17.9. The molecule has 1 aromatic heterocycles. The number of carbonyl (C=O) groups excluding carboxylic acids is 2. The Labute approximate surface area is 185 Å². The van der Waals surface area contributed by atoms with Crippen molar-refractivity contribution >= 4 is 17.9 Å². The number of rotatable bonds is 5. The van der Waals surface area contributed by atoms with Crippen LogP contribution in [0.5, 0.6) is 0 Å². The van der Waals surface area contributed by atoms with E-state index in [-0.39, 0.29) is 19.0 Å². The molecule has 7 nitrogen and oxygen atoms in total. The first-order valence-electron chi connectivity index (χ1n) is 10.2. The third-order valence-corrected chi connectivity index (χ3v) is 5.58. The first kappa shape index (κ1) is 21.4. The molecule has 2 aromatic carbocycles. The Morgan fingerprint density at radius 2 is 1.78 bits per heavy atom. The van der Waals surface area contributed by atoms with Gasteiger partial charge in [0.25, 0.3) is 0 Å². The highest BCUT2D eigenvalue weighted by Gasteiger charge is 2.23. The normalized spacial score (nSPS) is 11.8. The number of halogens is 1. The second-order valence-electron chi connectivity index (χ2n) is 7.56. The third-order valence-electron chi connectivity index (χ3n) is 5.58. The molecule has 0 atom stereocenters. The molecule has 4 rings (SSSR count). The molecule has 0 fully saturated rings. The van der Waals surface area contributed by atoms with E-state index in [1.54, 1.807) is 7.05 Å². The standard InChI is InChI=1S/C24H24FN3O4/c1-26-23(29)31-14-18-11-21(28-13-17-6-4-3-5-16(17)12-22(18)28)15-32-24(30)27(2)20-9-7-19(25)8-10-20/h3-11H,12-15H2,1-2H3,(H,26,29). The second kappa shape index (κ2) is 9.13. The number of benzene rings is 2. The Morgan fingerprint density at radius 1 is 1.06 bits per heavy atom. The van der Waals surface area contributed by atoms with Crippen molar-refractivity contribution in [3.63, 3.8) is 0 Å². The lowest BCUT2D eigenvalue weighted by Gasteiger charge is -2.23. The van der Waals surface area contributed by atoms with Gasteiger partial charge in [0.1, 0.15) is 19.0 Å². The molecular weight excluding hydrogens is 413 g/mol. The smallest absolute Gasteiger partial charge is 0.414 e. The lowest BCUT2D eigenvalue weighted by Crippen LogP contribution is -2.27. The molecular formula is C24H24FN3O4. The van der Waals surface area contributed by atoms with Crippen molar-refractivity contribution in [1.29, 1.82) is 0 Å². The van der Waals surface area contributed by atoms with E-state index in [4.69, 9.17) is 9.47 Å². The maximum atomic E-state index is 13.2. The fourth-order valence-electron chi connectivity index (χ4n) is 3.81. The van der Waals surface area contributed by atoms with E-state index in [0.717, 1.165) is 17.0 Å². The molecule has 0 aliphatic carbocycles. The Morgan fingerprint density at radius 3 is 2.50 bits per heavy atom. The Bertz CT molecular complexity index is 1140. The number of aromatic nitrogens is 1. The molecule has 0 unspecified atom stereocenters. The van der Waals surface area contributed by atoms with Crippen molar-refractivity contribution in [2.24, 2.45) is 0 Å². The fourth-order valence-corrected chi connectivity index (χ4v) is 3.81. The quantitative estimate of drug-likeness (QED) is 0.508. The van der Waals surface area contributed by atoms with Crippen LogP contribution in [-0.2, 0) is 35.7 Å². The third kappa shape index (κ3) is 4.44. The van der Waals surface area contributed by atoms with Gasteiger partial charge in [0.2, 0.25) is 0 Å². The Hall–Kier alpha value is -3.81. The average molecular weight is 437 g/mol. The molecule has 0 saturated carbocycles. The zero-order valence-corrected chi connectivity index (χ0v) is 17.9. The highest BCUT2D eigenvalue weighted by Crippen LogP contribution is 2.29. The van der Waals surface area contributed by atoms with Crippen LogP contribution in [-0.4, -0.2) is 30.8 Å². The van der Waals surface area contributed by atoms with E-state index in [0.29, 0.717) is 18.7 Å². The van der Waals surface area contributed by atoms with Gasteiger partial charge in [-0.2, -0.15) is 0 Å². The summed E-state index contributed by atoms with van der Waals surface area (Å²) in [5, 5.41) is 2.44. The van der Waals surface area contributed by atoms with Crippen molar-refractivity contribution in [1.82, 2.24) is 9.88 Å². The van der Waals surface area contributed by atoms with Crippen LogP contribution in [0.2, 0.25) is 0 Å². The molecule has 8 heteroatoms. The predicted molar refractivity (Wildman–Crippen MR) is 117 cm³/mol. The van der Waals surface area contributed by atoms with Gasteiger partial charge < -0.3 is 19.4 Å². The van der Waals surface area contributed by atoms with Crippen molar-refractivity contribution < 1.29 is 23.5 Å². The first-order chi connectivity index (χ1) is 15.5. The second-order valence-corrected chi connectivity index (χ2v) is 7.56. The largest absolute Gasteiger partial charge is 0.445 e. The molecule has 1 N–H and O–H groups in total. The van der Waals surface area contributed by atoms with Crippen LogP contribution in [0.15, 0.2) is 54.6 Å². The van der Waals surface area contributed by atoms with Gasteiger partial charge >= 0.3 is 12.2 Å². The van der Waals surface area contributed by atoms with Crippen LogP contribution < -0.4 is 10.2 Å². The van der Waals surface area contributed by atoms with E-state index in [2.05, 4.69) is 22.0 Å². The maximum Gasteiger partial charge on any atom is 0.414 e. The van der Waals surface area contributed by atoms with Crippen molar-refractivity contribution in [3.05, 3.63) is 88.5 Å². The summed E-state index contributed by atoms with van der Waals surface area (Å²) in [7, 11) is 3.08. The number of nitrogens with one attached hydrogen (secondary N) is 1. The lowest BCUT2D eigenvalue weighted by molar-refractivity contribution is 0.141. The van der Waals surface area contributed by atoms with Crippen molar-refractivity contribution in [2.75, 3.05) is 19.0 Å². The summed E-state index contributed by atoms with van der Waals surface area (Å²) in [5.41, 5.74) is 5.67. The summed E-state index contributed by atoms with van der Waals surface area (Å²) in [5.74, 6) is -0.373. The number of anilines is 1. The van der Waals surface area contributed by atoms with Crippen molar-refractivity contribution in [2.45, 2.75) is 26.2 Å². The molecule has 0 bridgehead atoms. The number of carbonyl (C=O) groups is 2. The lowest BCUT2D eigenvalue weighted by atomic mass is 9.98. The van der Waals surface area contributed by atoms with Gasteiger partial charge in [-0.1, -0.05) is 24.3 Å².